The van der Waals surface area contributed by atoms with Gasteiger partial charge in [-0.05, 0) is 32.4 Å². The van der Waals surface area contributed by atoms with Crippen LogP contribution >= 0.6 is 0 Å². The fourth-order valence-corrected chi connectivity index (χ4v) is 2.99. The second-order valence-electron chi connectivity index (χ2n) is 7.07. The molecular weight excluding hydrogens is 318 g/mol. The molecule has 1 amide bonds. The lowest BCUT2D eigenvalue weighted by Gasteiger charge is -2.24. The van der Waals surface area contributed by atoms with E-state index < -0.39 is 5.60 Å². The number of fused-ring (bicyclic) bond motifs is 3. The minimum atomic E-state index is -0.509. The molecule has 0 aromatic carbocycles. The molecule has 0 saturated heterocycles. The van der Waals surface area contributed by atoms with Crippen LogP contribution in [0.2, 0.25) is 0 Å². The first-order chi connectivity index (χ1) is 11.9. The third-order valence-corrected chi connectivity index (χ3v) is 4.06. The van der Waals surface area contributed by atoms with Crippen molar-refractivity contribution in [2.24, 2.45) is 0 Å². The van der Waals surface area contributed by atoms with Gasteiger partial charge in [0.25, 0.3) is 0 Å². The van der Waals surface area contributed by atoms with Gasteiger partial charge in [-0.15, -0.1) is 0 Å². The summed E-state index contributed by atoms with van der Waals surface area (Å²) >= 11 is 0. The van der Waals surface area contributed by atoms with Crippen molar-refractivity contribution in [2.45, 2.75) is 26.4 Å². The zero-order chi connectivity index (χ0) is 17.6. The number of rotatable bonds is 1. The van der Waals surface area contributed by atoms with Crippen LogP contribution in [0.5, 0.6) is 0 Å². The van der Waals surface area contributed by atoms with Crippen molar-refractivity contribution in [3.63, 3.8) is 0 Å². The average Bonchev–Trinajstić information content (AvgIpc) is 3.22. The van der Waals surface area contributed by atoms with Crippen molar-refractivity contribution in [1.29, 1.82) is 0 Å². The molecule has 0 radical (unpaired) electrons. The number of ether oxygens (including phenoxy) is 1. The molecule has 128 valence electrons. The summed E-state index contributed by atoms with van der Waals surface area (Å²) in [6.45, 7) is 6.58. The summed E-state index contributed by atoms with van der Waals surface area (Å²) in [4.78, 5) is 30.2. The zero-order valence-corrected chi connectivity index (χ0v) is 14.4. The van der Waals surface area contributed by atoms with E-state index in [-0.39, 0.29) is 6.09 Å². The Hall–Kier alpha value is -2.96. The highest BCUT2D eigenvalue weighted by atomic mass is 16.6. The maximum atomic E-state index is 12.3. The van der Waals surface area contributed by atoms with Gasteiger partial charge in [0.2, 0.25) is 0 Å². The summed E-state index contributed by atoms with van der Waals surface area (Å²) in [6.07, 6.45) is 6.86. The summed E-state index contributed by atoms with van der Waals surface area (Å²) in [5, 5.41) is 1.93. The minimum Gasteiger partial charge on any atom is -0.444 e. The van der Waals surface area contributed by atoms with Crippen molar-refractivity contribution in [3.8, 4) is 0 Å². The molecule has 0 unspecified atom stereocenters. The zero-order valence-electron chi connectivity index (χ0n) is 14.4. The van der Waals surface area contributed by atoms with E-state index in [9.17, 15) is 4.79 Å². The SMILES string of the molecule is CC(C)(C)OC(=O)N1CC=C(c2nc[nH]c3cnc4nccc4c23)C1. The van der Waals surface area contributed by atoms with Crippen LogP contribution in [-0.4, -0.2) is 49.6 Å². The van der Waals surface area contributed by atoms with Crippen LogP contribution in [0.25, 0.3) is 27.5 Å². The van der Waals surface area contributed by atoms with Crippen LogP contribution in [0, 0.1) is 0 Å². The molecule has 0 saturated carbocycles. The van der Waals surface area contributed by atoms with E-state index in [1.54, 1.807) is 23.6 Å². The number of aromatic amines is 1. The molecular formula is C18H19N5O2. The number of nitrogens with one attached hydrogen (secondary N) is 1. The minimum absolute atomic E-state index is 0.313. The van der Waals surface area contributed by atoms with E-state index >= 15 is 0 Å². The van der Waals surface area contributed by atoms with Gasteiger partial charge in [-0.2, -0.15) is 0 Å². The fraction of sp³-hybridized carbons (Fsp3) is 0.333. The molecule has 0 bridgehead atoms. The lowest BCUT2D eigenvalue weighted by Crippen LogP contribution is -2.35. The number of hydrogen-bond acceptors (Lipinski definition) is 5. The molecule has 4 rings (SSSR count). The Bertz CT molecular complexity index is 1000. The largest absolute Gasteiger partial charge is 0.444 e. The van der Waals surface area contributed by atoms with Crippen LogP contribution in [0.1, 0.15) is 26.5 Å². The first-order valence-electron chi connectivity index (χ1n) is 8.16. The normalized spacial score (nSPS) is 15.0. The Balaban J connectivity index is 1.69. The number of nitrogens with zero attached hydrogens (tertiary/aromatic N) is 4. The number of pyridine rings is 1. The molecule has 1 N–H and O–H groups in total. The molecule has 0 spiro atoms. The van der Waals surface area contributed by atoms with Crippen LogP contribution < -0.4 is 0 Å². The highest BCUT2D eigenvalue weighted by Crippen LogP contribution is 2.30. The van der Waals surface area contributed by atoms with Crippen LogP contribution in [-0.2, 0) is 4.74 Å². The summed E-state index contributed by atoms with van der Waals surface area (Å²) in [5.41, 5.74) is 2.92. The number of amides is 1. The number of carbonyl (C=O) groups excluding carboxylic acids is 1. The van der Waals surface area contributed by atoms with Crippen molar-refractivity contribution in [3.05, 3.63) is 36.6 Å². The highest BCUT2D eigenvalue weighted by molar-refractivity contribution is 6.08. The van der Waals surface area contributed by atoms with Crippen LogP contribution in [0.4, 0.5) is 4.79 Å². The quantitative estimate of drug-likeness (QED) is 0.737. The summed E-state index contributed by atoms with van der Waals surface area (Å²) in [6, 6.07) is 1.94. The molecule has 7 nitrogen and oxygen atoms in total. The lowest BCUT2D eigenvalue weighted by molar-refractivity contribution is 0.0306. The van der Waals surface area contributed by atoms with Gasteiger partial charge in [-0.3, -0.25) is 0 Å². The van der Waals surface area contributed by atoms with Gasteiger partial charge in [0.05, 0.1) is 30.3 Å². The summed E-state index contributed by atoms with van der Waals surface area (Å²) in [5.74, 6) is 0. The highest BCUT2D eigenvalue weighted by Gasteiger charge is 2.27. The number of carbonyl (C=O) groups is 1. The Morgan fingerprint density at radius 3 is 2.92 bits per heavy atom. The van der Waals surface area contributed by atoms with Crippen LogP contribution in [0.15, 0.2) is 30.9 Å². The molecule has 1 aliphatic heterocycles. The maximum Gasteiger partial charge on any atom is 0.410 e. The molecule has 25 heavy (non-hydrogen) atoms. The summed E-state index contributed by atoms with van der Waals surface area (Å²) < 4.78 is 5.46. The molecule has 0 atom stereocenters. The van der Waals surface area contributed by atoms with Gasteiger partial charge in [0.15, 0.2) is 5.65 Å². The maximum absolute atomic E-state index is 12.3. The van der Waals surface area contributed by atoms with Gasteiger partial charge in [-0.25, -0.2) is 19.7 Å². The number of hydrogen-bond donors (Lipinski definition) is 1. The van der Waals surface area contributed by atoms with E-state index in [1.807, 2.05) is 32.9 Å². The van der Waals surface area contributed by atoms with Crippen molar-refractivity contribution < 1.29 is 9.53 Å². The predicted octanol–water partition coefficient (Wildman–Crippen LogP) is 3.14. The molecule has 0 aliphatic carbocycles. The lowest BCUT2D eigenvalue weighted by atomic mass is 10.1. The summed E-state index contributed by atoms with van der Waals surface area (Å²) in [7, 11) is 0. The molecule has 3 aromatic heterocycles. The van der Waals surface area contributed by atoms with E-state index in [4.69, 9.17) is 4.74 Å². The first kappa shape index (κ1) is 15.6. The van der Waals surface area contributed by atoms with Gasteiger partial charge < -0.3 is 14.6 Å². The Labute approximate surface area is 144 Å². The molecule has 4 heterocycles. The topological polar surface area (TPSA) is 84.0 Å². The van der Waals surface area contributed by atoms with Crippen LogP contribution in [0.3, 0.4) is 0 Å². The predicted molar refractivity (Wildman–Crippen MR) is 95.0 cm³/mol. The third-order valence-electron chi connectivity index (χ3n) is 4.06. The second-order valence-corrected chi connectivity index (χ2v) is 7.07. The van der Waals surface area contributed by atoms with Crippen molar-refractivity contribution in [1.82, 2.24) is 24.8 Å². The Morgan fingerprint density at radius 1 is 1.28 bits per heavy atom. The fourth-order valence-electron chi connectivity index (χ4n) is 2.99. The van der Waals surface area contributed by atoms with Gasteiger partial charge >= 0.3 is 6.09 Å². The van der Waals surface area contributed by atoms with Crippen molar-refractivity contribution in [2.75, 3.05) is 13.1 Å². The number of H-pyrrole nitrogens is 1. The van der Waals surface area contributed by atoms with Gasteiger partial charge in [-0.1, -0.05) is 6.08 Å². The third kappa shape index (κ3) is 2.82. The monoisotopic (exact) mass is 337 g/mol. The van der Waals surface area contributed by atoms with Gasteiger partial charge in [0.1, 0.15) is 5.60 Å². The Kier molecular flexibility index (Phi) is 3.45. The smallest absolute Gasteiger partial charge is 0.410 e. The first-order valence-corrected chi connectivity index (χ1v) is 8.16. The standard InChI is InChI=1S/C18H19N5O2/c1-18(2,3)25-17(24)23-7-5-11(9-23)15-14-12-4-6-19-16(12)20-8-13(14)21-10-22-15/h4-6,8,10H,7,9H2,1-3H3,(H,21,22). The van der Waals surface area contributed by atoms with Gasteiger partial charge in [0, 0.05) is 23.5 Å². The van der Waals surface area contributed by atoms with E-state index in [1.165, 1.54) is 0 Å². The average molecular weight is 337 g/mol. The molecule has 1 aliphatic rings. The molecule has 7 heteroatoms. The van der Waals surface area contributed by atoms with E-state index in [0.717, 1.165) is 27.6 Å². The van der Waals surface area contributed by atoms with E-state index in [2.05, 4.69) is 19.9 Å². The van der Waals surface area contributed by atoms with E-state index in [0.29, 0.717) is 18.7 Å². The number of aromatic nitrogens is 4. The molecule has 3 aromatic rings. The molecule has 0 fully saturated rings. The van der Waals surface area contributed by atoms with Crippen molar-refractivity contribution >= 4 is 33.6 Å². The second kappa shape index (κ2) is 5.54. The Morgan fingerprint density at radius 2 is 2.12 bits per heavy atom.